The van der Waals surface area contributed by atoms with E-state index in [4.69, 9.17) is 4.42 Å². The Kier molecular flexibility index (Phi) is 2.47. The molecule has 1 aromatic rings. The summed E-state index contributed by atoms with van der Waals surface area (Å²) in [6.45, 7) is 3.88. The predicted octanol–water partition coefficient (Wildman–Crippen LogP) is 2.28. The zero-order valence-corrected chi connectivity index (χ0v) is 6.83. The maximum atomic E-state index is 10.2. The molecule has 11 heavy (non-hydrogen) atoms. The van der Waals surface area contributed by atoms with E-state index in [1.165, 1.54) is 0 Å². The fourth-order valence-corrected chi connectivity index (χ4v) is 0.979. The standard InChI is InChI=1S/C9H12O2/c1-7(5-6-10)9-4-3-8(2)11-9/h3-4,6-7H,5H2,1-2H3/t7-/m1/s1. The van der Waals surface area contributed by atoms with E-state index in [9.17, 15) is 4.79 Å². The first-order chi connectivity index (χ1) is 5.24. The lowest BCUT2D eigenvalue weighted by Crippen LogP contribution is -1.90. The van der Waals surface area contributed by atoms with E-state index in [2.05, 4.69) is 0 Å². The molecule has 1 aromatic heterocycles. The van der Waals surface area contributed by atoms with E-state index in [-0.39, 0.29) is 5.92 Å². The minimum atomic E-state index is 0.209. The molecule has 0 fully saturated rings. The second-order valence-corrected chi connectivity index (χ2v) is 2.75. The minimum Gasteiger partial charge on any atom is -0.466 e. The summed E-state index contributed by atoms with van der Waals surface area (Å²) in [7, 11) is 0. The molecule has 0 spiro atoms. The van der Waals surface area contributed by atoms with Crippen LogP contribution >= 0.6 is 0 Å². The monoisotopic (exact) mass is 152 g/mol. The number of aldehydes is 1. The van der Waals surface area contributed by atoms with Gasteiger partial charge in [0.2, 0.25) is 0 Å². The van der Waals surface area contributed by atoms with Crippen molar-refractivity contribution in [3.63, 3.8) is 0 Å². The third-order valence-electron chi connectivity index (χ3n) is 1.70. The van der Waals surface area contributed by atoms with Gasteiger partial charge in [-0.15, -0.1) is 0 Å². The van der Waals surface area contributed by atoms with Crippen LogP contribution in [0.4, 0.5) is 0 Å². The molecule has 2 heteroatoms. The highest BCUT2D eigenvalue weighted by Gasteiger charge is 2.07. The Morgan fingerprint density at radius 3 is 2.82 bits per heavy atom. The molecule has 0 radical (unpaired) electrons. The number of furan rings is 1. The summed E-state index contributed by atoms with van der Waals surface area (Å²) in [6.07, 6.45) is 1.45. The van der Waals surface area contributed by atoms with E-state index in [0.717, 1.165) is 17.8 Å². The lowest BCUT2D eigenvalue weighted by molar-refractivity contribution is -0.108. The van der Waals surface area contributed by atoms with Gasteiger partial charge in [0.25, 0.3) is 0 Å². The van der Waals surface area contributed by atoms with Gasteiger partial charge in [-0.05, 0) is 19.1 Å². The molecule has 1 rings (SSSR count). The summed E-state index contributed by atoms with van der Waals surface area (Å²) < 4.78 is 5.34. The number of hydrogen-bond acceptors (Lipinski definition) is 2. The Balaban J connectivity index is 2.67. The van der Waals surface area contributed by atoms with Crippen LogP contribution in [0.3, 0.4) is 0 Å². The average molecular weight is 152 g/mol. The summed E-state index contributed by atoms with van der Waals surface area (Å²) in [5.74, 6) is 2.01. The first-order valence-electron chi connectivity index (χ1n) is 3.74. The molecule has 0 aliphatic heterocycles. The molecule has 0 unspecified atom stereocenters. The quantitative estimate of drug-likeness (QED) is 0.622. The van der Waals surface area contributed by atoms with Crippen molar-refractivity contribution in [2.45, 2.75) is 26.2 Å². The van der Waals surface area contributed by atoms with Gasteiger partial charge in [0.1, 0.15) is 17.8 Å². The van der Waals surface area contributed by atoms with Gasteiger partial charge in [0.15, 0.2) is 0 Å². The highest BCUT2D eigenvalue weighted by atomic mass is 16.3. The van der Waals surface area contributed by atoms with Crippen LogP contribution in [0, 0.1) is 6.92 Å². The first kappa shape index (κ1) is 8.05. The first-order valence-corrected chi connectivity index (χ1v) is 3.74. The largest absolute Gasteiger partial charge is 0.466 e. The van der Waals surface area contributed by atoms with Crippen molar-refractivity contribution in [3.05, 3.63) is 23.7 Å². The van der Waals surface area contributed by atoms with Gasteiger partial charge in [-0.2, -0.15) is 0 Å². The second kappa shape index (κ2) is 3.37. The van der Waals surface area contributed by atoms with E-state index < -0.39 is 0 Å². The Hall–Kier alpha value is -1.05. The maximum Gasteiger partial charge on any atom is 0.120 e. The van der Waals surface area contributed by atoms with Gasteiger partial charge >= 0.3 is 0 Å². The van der Waals surface area contributed by atoms with Gasteiger partial charge in [-0.1, -0.05) is 6.92 Å². The van der Waals surface area contributed by atoms with Gasteiger partial charge in [0, 0.05) is 12.3 Å². The molecule has 0 aliphatic carbocycles. The van der Waals surface area contributed by atoms with Crippen molar-refractivity contribution in [2.75, 3.05) is 0 Å². The summed E-state index contributed by atoms with van der Waals surface area (Å²) in [4.78, 5) is 10.2. The van der Waals surface area contributed by atoms with Gasteiger partial charge in [-0.3, -0.25) is 0 Å². The van der Waals surface area contributed by atoms with Gasteiger partial charge < -0.3 is 9.21 Å². The van der Waals surface area contributed by atoms with Crippen LogP contribution in [-0.4, -0.2) is 6.29 Å². The van der Waals surface area contributed by atoms with Crippen LogP contribution in [0.2, 0.25) is 0 Å². The van der Waals surface area contributed by atoms with Crippen LogP contribution in [0.15, 0.2) is 16.5 Å². The van der Waals surface area contributed by atoms with Crippen LogP contribution < -0.4 is 0 Å². The van der Waals surface area contributed by atoms with Crippen molar-refractivity contribution >= 4 is 6.29 Å². The highest BCUT2D eigenvalue weighted by Crippen LogP contribution is 2.19. The summed E-state index contributed by atoms with van der Waals surface area (Å²) in [5, 5.41) is 0. The van der Waals surface area contributed by atoms with Crippen molar-refractivity contribution in [2.24, 2.45) is 0 Å². The number of carbonyl (C=O) groups excluding carboxylic acids is 1. The molecule has 0 saturated heterocycles. The summed E-state index contributed by atoms with van der Waals surface area (Å²) >= 11 is 0. The number of carbonyl (C=O) groups is 1. The molecule has 0 aromatic carbocycles. The molecule has 0 saturated carbocycles. The zero-order valence-electron chi connectivity index (χ0n) is 6.83. The Bertz CT molecular complexity index is 237. The lowest BCUT2D eigenvalue weighted by Gasteiger charge is -2.01. The summed E-state index contributed by atoms with van der Waals surface area (Å²) in [6, 6.07) is 3.83. The smallest absolute Gasteiger partial charge is 0.120 e. The van der Waals surface area contributed by atoms with E-state index in [1.807, 2.05) is 26.0 Å². The Morgan fingerprint density at radius 1 is 1.64 bits per heavy atom. The fourth-order valence-electron chi connectivity index (χ4n) is 0.979. The Labute approximate surface area is 66.2 Å². The molecule has 0 amide bonds. The number of rotatable bonds is 3. The third kappa shape index (κ3) is 1.93. The number of aryl methyl sites for hydroxylation is 1. The normalized spacial score (nSPS) is 12.9. The molecule has 0 aliphatic rings. The second-order valence-electron chi connectivity index (χ2n) is 2.75. The van der Waals surface area contributed by atoms with E-state index in [1.54, 1.807) is 0 Å². The van der Waals surface area contributed by atoms with Gasteiger partial charge in [0.05, 0.1) is 0 Å². The molecule has 1 heterocycles. The fraction of sp³-hybridized carbons (Fsp3) is 0.444. The van der Waals surface area contributed by atoms with E-state index >= 15 is 0 Å². The molecule has 60 valence electrons. The van der Waals surface area contributed by atoms with Crippen molar-refractivity contribution in [1.82, 2.24) is 0 Å². The molecule has 0 bridgehead atoms. The molecule has 1 atom stereocenters. The molecular formula is C9H12O2. The van der Waals surface area contributed by atoms with Crippen LogP contribution in [0.1, 0.15) is 30.8 Å². The zero-order chi connectivity index (χ0) is 8.27. The lowest BCUT2D eigenvalue weighted by atomic mass is 10.1. The molecular weight excluding hydrogens is 140 g/mol. The van der Waals surface area contributed by atoms with Crippen molar-refractivity contribution in [3.8, 4) is 0 Å². The molecule has 0 N–H and O–H groups in total. The highest BCUT2D eigenvalue weighted by molar-refractivity contribution is 5.50. The molecule has 2 nitrogen and oxygen atoms in total. The summed E-state index contributed by atoms with van der Waals surface area (Å²) in [5.41, 5.74) is 0. The minimum absolute atomic E-state index is 0.209. The topological polar surface area (TPSA) is 30.2 Å². The van der Waals surface area contributed by atoms with Crippen LogP contribution in [0.5, 0.6) is 0 Å². The van der Waals surface area contributed by atoms with Crippen molar-refractivity contribution in [1.29, 1.82) is 0 Å². The third-order valence-corrected chi connectivity index (χ3v) is 1.70. The SMILES string of the molecule is Cc1ccc([C@H](C)CC=O)o1. The van der Waals surface area contributed by atoms with Crippen molar-refractivity contribution < 1.29 is 9.21 Å². The predicted molar refractivity (Wildman–Crippen MR) is 42.5 cm³/mol. The van der Waals surface area contributed by atoms with Crippen LogP contribution in [0.25, 0.3) is 0 Å². The average Bonchev–Trinajstić information content (AvgIpc) is 2.36. The number of hydrogen-bond donors (Lipinski definition) is 0. The van der Waals surface area contributed by atoms with E-state index in [0.29, 0.717) is 6.42 Å². The van der Waals surface area contributed by atoms with Gasteiger partial charge in [-0.25, -0.2) is 0 Å². The maximum absolute atomic E-state index is 10.2. The van der Waals surface area contributed by atoms with Crippen LogP contribution in [-0.2, 0) is 4.79 Å². The Morgan fingerprint density at radius 2 is 2.36 bits per heavy atom.